The number of rotatable bonds is 2. The van der Waals surface area contributed by atoms with Gasteiger partial charge in [-0.05, 0) is 43.5 Å². The quantitative estimate of drug-likeness (QED) is 0.780. The lowest BCUT2D eigenvalue weighted by Crippen LogP contribution is -2.19. The van der Waals surface area contributed by atoms with Crippen LogP contribution in [-0.2, 0) is 4.79 Å². The lowest BCUT2D eigenvalue weighted by atomic mass is 10.1. The second-order valence-electron chi connectivity index (χ2n) is 4.17. The number of benzene rings is 1. The molecule has 0 aromatic heterocycles. The zero-order valence-corrected chi connectivity index (χ0v) is 11.9. The lowest BCUT2D eigenvalue weighted by molar-refractivity contribution is -0.116. The fourth-order valence-electron chi connectivity index (χ4n) is 1.74. The van der Waals surface area contributed by atoms with Crippen molar-refractivity contribution in [1.82, 2.24) is 0 Å². The molecule has 0 N–H and O–H groups in total. The molecule has 98 valence electrons. The summed E-state index contributed by atoms with van der Waals surface area (Å²) in [6.07, 6.45) is 1.30. The van der Waals surface area contributed by atoms with Gasteiger partial charge < -0.3 is 0 Å². The zero-order chi connectivity index (χ0) is 13.7. The van der Waals surface area contributed by atoms with E-state index in [9.17, 15) is 4.79 Å². The molecule has 1 amide bonds. The minimum atomic E-state index is 0.0695. The molecule has 0 aliphatic carbocycles. The predicted octanol–water partition coefficient (Wildman–Crippen LogP) is 3.83. The monoisotopic (exact) mass is 246 g/mol. The Balaban J connectivity index is 0.000000771. The van der Waals surface area contributed by atoms with Crippen LogP contribution >= 0.6 is 0 Å². The Bertz CT molecular complexity index is 464. The van der Waals surface area contributed by atoms with Crippen LogP contribution in [0.15, 0.2) is 23.3 Å². The normalized spacial score (nSPS) is 14.2. The fraction of sp³-hybridized carbons (Fsp3) is 0.467. The Kier molecular flexibility index (Phi) is 5.08. The molecule has 18 heavy (non-hydrogen) atoms. The molecule has 2 rings (SSSR count). The molecule has 0 unspecified atom stereocenters. The van der Waals surface area contributed by atoms with E-state index >= 15 is 0 Å². The number of hydrogen-bond donors (Lipinski definition) is 0. The number of carbonyl (C=O) groups excluding carboxylic acids is 1. The van der Waals surface area contributed by atoms with Gasteiger partial charge in [0.05, 0.1) is 12.1 Å². The van der Waals surface area contributed by atoms with Crippen LogP contribution in [0.2, 0.25) is 0 Å². The molecule has 1 aromatic carbocycles. The van der Waals surface area contributed by atoms with Gasteiger partial charge >= 0.3 is 0 Å². The van der Waals surface area contributed by atoms with Gasteiger partial charge in [0.25, 0.3) is 5.91 Å². The van der Waals surface area contributed by atoms with Gasteiger partial charge in [0.1, 0.15) is 0 Å². The minimum Gasteiger partial charge on any atom is -0.272 e. The largest absolute Gasteiger partial charge is 0.272 e. The van der Waals surface area contributed by atoms with Crippen molar-refractivity contribution >= 4 is 17.3 Å². The molecular weight excluding hydrogens is 224 g/mol. The Morgan fingerprint density at radius 2 is 1.89 bits per heavy atom. The molecule has 0 spiro atoms. The van der Waals surface area contributed by atoms with E-state index in [1.54, 1.807) is 0 Å². The van der Waals surface area contributed by atoms with Gasteiger partial charge in [0, 0.05) is 5.71 Å². The second kappa shape index (κ2) is 6.34. The molecule has 1 aromatic rings. The smallest absolute Gasteiger partial charge is 0.253 e. The second-order valence-corrected chi connectivity index (χ2v) is 4.17. The Labute approximate surface area is 110 Å². The van der Waals surface area contributed by atoms with Gasteiger partial charge in [-0.3, -0.25) is 4.79 Å². The number of aryl methyl sites for hydroxylation is 2. The standard InChI is InChI=1S/C13H16N2O.C2H6/c1-4-11-8-13(16)15(14-11)12-6-5-9(2)10(3)7-12;1-2/h5-7H,4,8H2,1-3H3;1-2H3. The lowest BCUT2D eigenvalue weighted by Gasteiger charge is -2.13. The summed E-state index contributed by atoms with van der Waals surface area (Å²) in [6, 6.07) is 5.98. The molecular formula is C15H22N2O. The maximum absolute atomic E-state index is 11.8. The summed E-state index contributed by atoms with van der Waals surface area (Å²) in [4.78, 5) is 11.8. The summed E-state index contributed by atoms with van der Waals surface area (Å²) in [5.74, 6) is 0.0695. The van der Waals surface area contributed by atoms with Crippen molar-refractivity contribution in [2.75, 3.05) is 5.01 Å². The summed E-state index contributed by atoms with van der Waals surface area (Å²) >= 11 is 0. The number of anilines is 1. The van der Waals surface area contributed by atoms with Crippen LogP contribution in [0.4, 0.5) is 5.69 Å². The van der Waals surface area contributed by atoms with Crippen molar-refractivity contribution in [1.29, 1.82) is 0 Å². The molecule has 3 nitrogen and oxygen atoms in total. The minimum absolute atomic E-state index is 0.0695. The van der Waals surface area contributed by atoms with Crippen LogP contribution in [0.1, 0.15) is 44.7 Å². The Morgan fingerprint density at radius 1 is 1.22 bits per heavy atom. The topological polar surface area (TPSA) is 32.7 Å². The van der Waals surface area contributed by atoms with E-state index in [-0.39, 0.29) is 5.91 Å². The van der Waals surface area contributed by atoms with E-state index < -0.39 is 0 Å². The molecule has 0 saturated carbocycles. The van der Waals surface area contributed by atoms with Crippen molar-refractivity contribution in [2.24, 2.45) is 5.10 Å². The van der Waals surface area contributed by atoms with E-state index in [0.29, 0.717) is 6.42 Å². The molecule has 0 fully saturated rings. The highest BCUT2D eigenvalue weighted by Gasteiger charge is 2.23. The number of amides is 1. The SMILES string of the molecule is CC.CCC1=NN(c2ccc(C)c(C)c2)C(=O)C1. The Hall–Kier alpha value is -1.64. The van der Waals surface area contributed by atoms with Crippen molar-refractivity contribution in [3.8, 4) is 0 Å². The van der Waals surface area contributed by atoms with Crippen molar-refractivity contribution in [2.45, 2.75) is 47.5 Å². The van der Waals surface area contributed by atoms with Crippen LogP contribution in [0.5, 0.6) is 0 Å². The maximum atomic E-state index is 11.8. The average Bonchev–Trinajstić information content (AvgIpc) is 2.77. The summed E-state index contributed by atoms with van der Waals surface area (Å²) < 4.78 is 0. The first-order valence-corrected chi connectivity index (χ1v) is 6.58. The van der Waals surface area contributed by atoms with Gasteiger partial charge in [-0.25, -0.2) is 5.01 Å². The zero-order valence-electron chi connectivity index (χ0n) is 11.9. The molecule has 0 bridgehead atoms. The molecule has 0 atom stereocenters. The van der Waals surface area contributed by atoms with E-state index in [2.05, 4.69) is 12.0 Å². The first-order valence-electron chi connectivity index (χ1n) is 6.58. The van der Waals surface area contributed by atoms with Gasteiger partial charge in [0.15, 0.2) is 0 Å². The van der Waals surface area contributed by atoms with E-state index in [1.807, 2.05) is 45.9 Å². The molecule has 0 saturated heterocycles. The number of nitrogens with zero attached hydrogens (tertiary/aromatic N) is 2. The van der Waals surface area contributed by atoms with E-state index in [1.165, 1.54) is 16.1 Å². The molecule has 1 aliphatic heterocycles. The highest BCUT2D eigenvalue weighted by Crippen LogP contribution is 2.23. The maximum Gasteiger partial charge on any atom is 0.253 e. The average molecular weight is 246 g/mol. The summed E-state index contributed by atoms with van der Waals surface area (Å²) in [5.41, 5.74) is 4.25. The van der Waals surface area contributed by atoms with Crippen molar-refractivity contribution in [3.05, 3.63) is 29.3 Å². The van der Waals surface area contributed by atoms with Gasteiger partial charge in [0.2, 0.25) is 0 Å². The highest BCUT2D eigenvalue weighted by atomic mass is 16.2. The van der Waals surface area contributed by atoms with Gasteiger partial charge in [-0.1, -0.05) is 26.8 Å². The molecule has 1 aliphatic rings. The van der Waals surface area contributed by atoms with Crippen LogP contribution < -0.4 is 5.01 Å². The summed E-state index contributed by atoms with van der Waals surface area (Å²) in [5, 5.41) is 5.85. The number of hydrogen-bond acceptors (Lipinski definition) is 2. The first kappa shape index (κ1) is 14.4. The third-order valence-electron chi connectivity index (χ3n) is 2.98. The van der Waals surface area contributed by atoms with Crippen molar-refractivity contribution < 1.29 is 4.79 Å². The molecule has 3 heteroatoms. The molecule has 0 radical (unpaired) electrons. The number of carbonyl (C=O) groups is 1. The van der Waals surface area contributed by atoms with Gasteiger partial charge in [-0.15, -0.1) is 0 Å². The van der Waals surface area contributed by atoms with Crippen LogP contribution in [-0.4, -0.2) is 11.6 Å². The Morgan fingerprint density at radius 3 is 2.39 bits per heavy atom. The van der Waals surface area contributed by atoms with Crippen LogP contribution in [0.25, 0.3) is 0 Å². The number of hydrazone groups is 1. The highest BCUT2D eigenvalue weighted by molar-refractivity contribution is 6.12. The van der Waals surface area contributed by atoms with Gasteiger partial charge in [-0.2, -0.15) is 5.10 Å². The predicted molar refractivity (Wildman–Crippen MR) is 77.1 cm³/mol. The summed E-state index contributed by atoms with van der Waals surface area (Å²) in [6.45, 7) is 10.1. The third kappa shape index (κ3) is 2.97. The van der Waals surface area contributed by atoms with Crippen LogP contribution in [0, 0.1) is 13.8 Å². The first-order chi connectivity index (χ1) is 8.61. The van der Waals surface area contributed by atoms with Crippen LogP contribution in [0.3, 0.4) is 0 Å². The fourth-order valence-corrected chi connectivity index (χ4v) is 1.74. The van der Waals surface area contributed by atoms with E-state index in [0.717, 1.165) is 17.8 Å². The molecule has 1 heterocycles. The third-order valence-corrected chi connectivity index (χ3v) is 2.98. The summed E-state index contributed by atoms with van der Waals surface area (Å²) in [7, 11) is 0. The van der Waals surface area contributed by atoms with Crippen molar-refractivity contribution in [3.63, 3.8) is 0 Å². The van der Waals surface area contributed by atoms with E-state index in [4.69, 9.17) is 0 Å².